The highest BCUT2D eigenvalue weighted by molar-refractivity contribution is 5.47. The first-order valence-electron chi connectivity index (χ1n) is 7.45. The second kappa shape index (κ2) is 6.85. The molecule has 3 unspecified atom stereocenters. The number of rotatable bonds is 5. The lowest BCUT2D eigenvalue weighted by Gasteiger charge is -2.14. The van der Waals surface area contributed by atoms with E-state index >= 15 is 0 Å². The second-order valence-electron chi connectivity index (χ2n) is 5.49. The van der Waals surface area contributed by atoms with Crippen molar-refractivity contribution in [1.82, 2.24) is 5.32 Å². The topological polar surface area (TPSA) is 12.0 Å². The third-order valence-corrected chi connectivity index (χ3v) is 4.09. The molecule has 0 spiro atoms. The summed E-state index contributed by atoms with van der Waals surface area (Å²) in [5.41, 5.74) is 3.31. The molecule has 0 fully saturated rings. The van der Waals surface area contributed by atoms with E-state index in [9.17, 15) is 4.39 Å². The normalized spacial score (nSPS) is 28.1. The number of allylic oxidation sites excluding steroid dienone is 5. The van der Waals surface area contributed by atoms with E-state index in [1.807, 2.05) is 0 Å². The average molecular weight is 273 g/mol. The molecule has 0 aromatic rings. The maximum absolute atomic E-state index is 13.7. The maximum Gasteiger partial charge on any atom is 0.120 e. The Hall–Kier alpha value is -1.41. The van der Waals surface area contributed by atoms with E-state index in [0.29, 0.717) is 5.92 Å². The van der Waals surface area contributed by atoms with E-state index in [-0.39, 0.29) is 6.04 Å². The Bertz CT molecular complexity index is 480. The monoisotopic (exact) mass is 273 g/mol. The van der Waals surface area contributed by atoms with Crippen LogP contribution in [0.3, 0.4) is 0 Å². The summed E-state index contributed by atoms with van der Waals surface area (Å²) in [5, 5.41) is 3.37. The van der Waals surface area contributed by atoms with Gasteiger partial charge in [0.05, 0.1) is 6.04 Å². The summed E-state index contributed by atoms with van der Waals surface area (Å²) < 4.78 is 13.7. The van der Waals surface area contributed by atoms with E-state index in [0.717, 1.165) is 18.5 Å². The van der Waals surface area contributed by atoms with E-state index in [2.05, 4.69) is 43.1 Å². The first-order chi connectivity index (χ1) is 9.65. The van der Waals surface area contributed by atoms with Crippen molar-refractivity contribution in [2.75, 3.05) is 6.54 Å². The van der Waals surface area contributed by atoms with Gasteiger partial charge < -0.3 is 5.32 Å². The molecular formula is C18H24FN. The van der Waals surface area contributed by atoms with E-state index in [1.165, 1.54) is 17.6 Å². The zero-order valence-electron chi connectivity index (χ0n) is 12.4. The van der Waals surface area contributed by atoms with Gasteiger partial charge >= 0.3 is 0 Å². The summed E-state index contributed by atoms with van der Waals surface area (Å²) in [5.74, 6) is 0.673. The van der Waals surface area contributed by atoms with Crippen molar-refractivity contribution in [1.29, 1.82) is 0 Å². The van der Waals surface area contributed by atoms with Crippen molar-refractivity contribution >= 4 is 0 Å². The first-order valence-corrected chi connectivity index (χ1v) is 7.45. The second-order valence-corrected chi connectivity index (χ2v) is 5.49. The van der Waals surface area contributed by atoms with Gasteiger partial charge in [-0.3, -0.25) is 0 Å². The van der Waals surface area contributed by atoms with Gasteiger partial charge in [-0.25, -0.2) is 4.39 Å². The van der Waals surface area contributed by atoms with Crippen molar-refractivity contribution in [3.8, 4) is 0 Å². The Labute approximate surface area is 121 Å². The first kappa shape index (κ1) is 15.0. The maximum atomic E-state index is 13.7. The highest BCUT2D eigenvalue weighted by atomic mass is 19.1. The minimum atomic E-state index is -0.957. The van der Waals surface area contributed by atoms with Gasteiger partial charge in [-0.05, 0) is 42.4 Å². The highest BCUT2D eigenvalue weighted by Crippen LogP contribution is 2.27. The molecule has 0 bridgehead atoms. The number of hydrogen-bond donors (Lipinski definition) is 1. The molecule has 3 atom stereocenters. The van der Waals surface area contributed by atoms with Gasteiger partial charge in [0.25, 0.3) is 0 Å². The minimum Gasteiger partial charge on any atom is -0.303 e. The van der Waals surface area contributed by atoms with Crippen molar-refractivity contribution in [2.45, 2.75) is 38.9 Å². The lowest BCUT2D eigenvalue weighted by atomic mass is 9.91. The fraction of sp³-hybridized carbons (Fsp3) is 0.444. The molecule has 0 saturated heterocycles. The Balaban J connectivity index is 2.11. The van der Waals surface area contributed by atoms with Crippen molar-refractivity contribution in [3.05, 3.63) is 59.8 Å². The van der Waals surface area contributed by atoms with Crippen LogP contribution in [0.1, 0.15) is 26.7 Å². The van der Waals surface area contributed by atoms with Gasteiger partial charge in [-0.1, -0.05) is 50.0 Å². The SMILES string of the molecule is C=C/C=C(\C(C)F)C1C=C(C2=CCC(CC)C=C2)CN1. The molecule has 2 rings (SSSR count). The molecule has 2 heteroatoms. The van der Waals surface area contributed by atoms with Crippen LogP contribution in [0, 0.1) is 5.92 Å². The van der Waals surface area contributed by atoms with Crippen LogP contribution < -0.4 is 5.32 Å². The van der Waals surface area contributed by atoms with Crippen molar-refractivity contribution < 1.29 is 4.39 Å². The number of hydrogen-bond acceptors (Lipinski definition) is 1. The fourth-order valence-corrected chi connectivity index (χ4v) is 2.78. The molecular weight excluding hydrogens is 249 g/mol. The Morgan fingerprint density at radius 1 is 1.60 bits per heavy atom. The van der Waals surface area contributed by atoms with Crippen LogP contribution in [0.2, 0.25) is 0 Å². The Morgan fingerprint density at radius 3 is 2.95 bits per heavy atom. The van der Waals surface area contributed by atoms with Crippen LogP contribution >= 0.6 is 0 Å². The standard InChI is InChI=1S/C18H24FN/c1-4-6-17(13(3)19)18-11-16(12-20-18)15-9-7-14(5-2)8-10-15/h4,6-7,9-11,13-14,18,20H,1,5,8,12H2,2-3H3/b17-6+. The van der Waals surface area contributed by atoms with Gasteiger partial charge in [0, 0.05) is 6.54 Å². The third-order valence-electron chi connectivity index (χ3n) is 4.09. The molecule has 2 aliphatic rings. The summed E-state index contributed by atoms with van der Waals surface area (Å²) in [6.07, 6.45) is 13.7. The molecule has 0 aromatic heterocycles. The van der Waals surface area contributed by atoms with Gasteiger partial charge in [0.15, 0.2) is 0 Å². The zero-order valence-corrected chi connectivity index (χ0v) is 12.4. The van der Waals surface area contributed by atoms with Gasteiger partial charge in [-0.15, -0.1) is 0 Å². The fourth-order valence-electron chi connectivity index (χ4n) is 2.78. The van der Waals surface area contributed by atoms with Crippen molar-refractivity contribution in [3.63, 3.8) is 0 Å². The van der Waals surface area contributed by atoms with Gasteiger partial charge in [0.2, 0.25) is 0 Å². The van der Waals surface area contributed by atoms with E-state index in [4.69, 9.17) is 0 Å². The lowest BCUT2D eigenvalue weighted by Crippen LogP contribution is -2.28. The smallest absolute Gasteiger partial charge is 0.120 e. The molecule has 1 N–H and O–H groups in total. The number of alkyl halides is 1. The van der Waals surface area contributed by atoms with Crippen LogP contribution in [-0.4, -0.2) is 18.8 Å². The summed E-state index contributed by atoms with van der Waals surface area (Å²) in [7, 11) is 0. The van der Waals surface area contributed by atoms with E-state index in [1.54, 1.807) is 19.1 Å². The largest absolute Gasteiger partial charge is 0.303 e. The summed E-state index contributed by atoms with van der Waals surface area (Å²) >= 11 is 0. The highest BCUT2D eigenvalue weighted by Gasteiger charge is 2.23. The summed E-state index contributed by atoms with van der Waals surface area (Å²) in [6, 6.07) is -0.0128. The van der Waals surface area contributed by atoms with Gasteiger partial charge in [0.1, 0.15) is 6.17 Å². The molecule has 1 heterocycles. The predicted molar refractivity (Wildman–Crippen MR) is 84.3 cm³/mol. The number of nitrogens with one attached hydrogen (secondary N) is 1. The van der Waals surface area contributed by atoms with E-state index < -0.39 is 6.17 Å². The Kier molecular flexibility index (Phi) is 5.13. The molecule has 1 nitrogen and oxygen atoms in total. The number of halogens is 1. The van der Waals surface area contributed by atoms with Crippen molar-refractivity contribution in [2.24, 2.45) is 5.92 Å². The molecule has 1 aliphatic carbocycles. The predicted octanol–water partition coefficient (Wildman–Crippen LogP) is 4.27. The third kappa shape index (κ3) is 3.37. The van der Waals surface area contributed by atoms with Crippen LogP contribution in [0.4, 0.5) is 4.39 Å². The van der Waals surface area contributed by atoms with Crippen LogP contribution in [0.15, 0.2) is 59.8 Å². The Morgan fingerprint density at radius 2 is 2.40 bits per heavy atom. The minimum absolute atomic E-state index is 0.0128. The van der Waals surface area contributed by atoms with Gasteiger partial charge in [-0.2, -0.15) is 0 Å². The lowest BCUT2D eigenvalue weighted by molar-refractivity contribution is 0.394. The molecule has 0 radical (unpaired) electrons. The molecule has 0 amide bonds. The average Bonchev–Trinajstić information content (AvgIpc) is 2.94. The molecule has 0 saturated carbocycles. The summed E-state index contributed by atoms with van der Waals surface area (Å²) in [6.45, 7) is 8.27. The zero-order chi connectivity index (χ0) is 14.5. The van der Waals surface area contributed by atoms with Crippen LogP contribution in [0.5, 0.6) is 0 Å². The summed E-state index contributed by atoms with van der Waals surface area (Å²) in [4.78, 5) is 0. The molecule has 1 aliphatic heterocycles. The van der Waals surface area contributed by atoms with Crippen LogP contribution in [-0.2, 0) is 0 Å². The molecule has 20 heavy (non-hydrogen) atoms. The molecule has 0 aromatic carbocycles. The van der Waals surface area contributed by atoms with Crippen LogP contribution in [0.25, 0.3) is 0 Å². The quantitative estimate of drug-likeness (QED) is 0.738. The molecule has 108 valence electrons.